The fourth-order valence-corrected chi connectivity index (χ4v) is 3.79. The molecule has 0 N–H and O–H groups in total. The first-order chi connectivity index (χ1) is 14.5. The number of likely N-dealkylation sites (tertiary alicyclic amines) is 1. The second-order valence-electron chi connectivity index (χ2n) is 7.63. The Morgan fingerprint density at radius 2 is 1.97 bits per heavy atom. The molecule has 1 aromatic heterocycles. The van der Waals surface area contributed by atoms with Crippen molar-refractivity contribution in [2.24, 2.45) is 0 Å². The summed E-state index contributed by atoms with van der Waals surface area (Å²) in [6, 6.07) is 11.7. The highest BCUT2D eigenvalue weighted by molar-refractivity contribution is 5.79. The second kappa shape index (κ2) is 8.18. The van der Waals surface area contributed by atoms with E-state index in [1.807, 2.05) is 44.2 Å². The maximum absolute atomic E-state index is 12.7. The van der Waals surface area contributed by atoms with Gasteiger partial charge in [0.1, 0.15) is 11.5 Å². The number of carbonyl (C=O) groups excluding carboxylic acids is 1. The molecule has 1 aliphatic rings. The van der Waals surface area contributed by atoms with Crippen LogP contribution in [0.25, 0.3) is 11.4 Å². The molecule has 0 bridgehead atoms. The van der Waals surface area contributed by atoms with E-state index in [4.69, 9.17) is 14.0 Å². The van der Waals surface area contributed by atoms with Crippen LogP contribution in [-0.4, -0.2) is 41.7 Å². The first kappa shape index (κ1) is 19.9. The minimum absolute atomic E-state index is 0.0522. The number of ether oxygens (including phenoxy) is 2. The van der Waals surface area contributed by atoms with E-state index in [2.05, 4.69) is 16.2 Å². The molecule has 2 heterocycles. The fraction of sp³-hybridized carbons (Fsp3) is 0.348. The third-order valence-corrected chi connectivity index (χ3v) is 5.49. The lowest BCUT2D eigenvalue weighted by molar-refractivity contribution is -0.128. The smallest absolute Gasteiger partial charge is 0.232 e. The Labute approximate surface area is 175 Å². The number of aromatic nitrogens is 2. The zero-order valence-electron chi connectivity index (χ0n) is 17.6. The van der Waals surface area contributed by atoms with Crippen molar-refractivity contribution < 1.29 is 18.8 Å². The molecular formula is C23H25N3O4. The number of aryl methyl sites for hydroxylation is 2. The van der Waals surface area contributed by atoms with E-state index >= 15 is 0 Å². The van der Waals surface area contributed by atoms with E-state index in [9.17, 15) is 4.79 Å². The largest absolute Gasteiger partial charge is 0.497 e. The van der Waals surface area contributed by atoms with Crippen LogP contribution in [0.3, 0.4) is 0 Å². The van der Waals surface area contributed by atoms with Gasteiger partial charge in [-0.15, -0.1) is 0 Å². The molecule has 0 saturated carbocycles. The van der Waals surface area contributed by atoms with Gasteiger partial charge in [0.2, 0.25) is 17.6 Å². The second-order valence-corrected chi connectivity index (χ2v) is 7.63. The average Bonchev–Trinajstić information content (AvgIpc) is 3.37. The van der Waals surface area contributed by atoms with Crippen molar-refractivity contribution >= 4 is 5.91 Å². The summed E-state index contributed by atoms with van der Waals surface area (Å²) in [5.74, 6) is 2.44. The molecule has 7 heteroatoms. The van der Waals surface area contributed by atoms with E-state index in [0.29, 0.717) is 31.2 Å². The standard InChI is InChI=1S/C23H25N3O4/c1-14-5-6-15(2)19(9-14)22-24-23(30-25-22)17-11-21(27)26(13-17)12-16-10-18(28-3)7-8-20(16)29-4/h5-10,17H,11-13H2,1-4H3. The molecule has 3 aromatic rings. The predicted molar refractivity (Wildman–Crippen MR) is 112 cm³/mol. The summed E-state index contributed by atoms with van der Waals surface area (Å²) in [6.07, 6.45) is 0.348. The summed E-state index contributed by atoms with van der Waals surface area (Å²) in [5.41, 5.74) is 4.07. The van der Waals surface area contributed by atoms with Gasteiger partial charge in [-0.2, -0.15) is 4.98 Å². The summed E-state index contributed by atoms with van der Waals surface area (Å²) < 4.78 is 16.3. The molecule has 30 heavy (non-hydrogen) atoms. The molecule has 1 atom stereocenters. The van der Waals surface area contributed by atoms with Crippen LogP contribution in [0.2, 0.25) is 0 Å². The van der Waals surface area contributed by atoms with Crippen LogP contribution >= 0.6 is 0 Å². The highest BCUT2D eigenvalue weighted by Crippen LogP contribution is 2.32. The molecule has 2 aromatic carbocycles. The summed E-state index contributed by atoms with van der Waals surface area (Å²) in [6.45, 7) is 5.01. The van der Waals surface area contributed by atoms with Crippen molar-refractivity contribution in [3.63, 3.8) is 0 Å². The molecular weight excluding hydrogens is 382 g/mol. The average molecular weight is 407 g/mol. The van der Waals surface area contributed by atoms with Crippen molar-refractivity contribution in [3.8, 4) is 22.9 Å². The summed E-state index contributed by atoms with van der Waals surface area (Å²) in [4.78, 5) is 19.1. The van der Waals surface area contributed by atoms with Crippen LogP contribution in [0, 0.1) is 13.8 Å². The van der Waals surface area contributed by atoms with Crippen LogP contribution in [0.15, 0.2) is 40.9 Å². The molecule has 1 fully saturated rings. The first-order valence-electron chi connectivity index (χ1n) is 9.88. The van der Waals surface area contributed by atoms with Gasteiger partial charge in [-0.3, -0.25) is 4.79 Å². The lowest BCUT2D eigenvalue weighted by Gasteiger charge is -2.18. The molecule has 1 saturated heterocycles. The molecule has 4 rings (SSSR count). The first-order valence-corrected chi connectivity index (χ1v) is 9.88. The summed E-state index contributed by atoms with van der Waals surface area (Å²) in [5, 5.41) is 4.16. The number of benzene rings is 2. The van der Waals surface area contributed by atoms with Gasteiger partial charge < -0.3 is 18.9 Å². The number of carbonyl (C=O) groups is 1. The lowest BCUT2D eigenvalue weighted by Crippen LogP contribution is -2.24. The van der Waals surface area contributed by atoms with Gasteiger partial charge in [-0.05, 0) is 43.7 Å². The van der Waals surface area contributed by atoms with Gasteiger partial charge in [0, 0.05) is 30.6 Å². The zero-order valence-corrected chi connectivity index (χ0v) is 17.6. The minimum atomic E-state index is -0.125. The van der Waals surface area contributed by atoms with Crippen molar-refractivity contribution in [1.82, 2.24) is 15.0 Å². The number of rotatable bonds is 6. The Kier molecular flexibility index (Phi) is 5.44. The monoisotopic (exact) mass is 407 g/mol. The van der Waals surface area contributed by atoms with Crippen LogP contribution in [0.1, 0.15) is 34.9 Å². The number of nitrogens with zero attached hydrogens (tertiary/aromatic N) is 3. The van der Waals surface area contributed by atoms with E-state index in [-0.39, 0.29) is 11.8 Å². The molecule has 1 amide bonds. The number of amides is 1. The third kappa shape index (κ3) is 3.87. The molecule has 1 unspecified atom stereocenters. The minimum Gasteiger partial charge on any atom is -0.497 e. The molecule has 156 valence electrons. The van der Waals surface area contributed by atoms with E-state index in [0.717, 1.165) is 33.8 Å². The molecule has 0 spiro atoms. The number of hydrogen-bond acceptors (Lipinski definition) is 6. The van der Waals surface area contributed by atoms with Crippen molar-refractivity contribution in [2.75, 3.05) is 20.8 Å². The van der Waals surface area contributed by atoms with Crippen molar-refractivity contribution in [1.29, 1.82) is 0 Å². The normalized spacial score (nSPS) is 16.2. The quantitative estimate of drug-likeness (QED) is 0.617. The van der Waals surface area contributed by atoms with E-state index in [1.165, 1.54) is 0 Å². The predicted octanol–water partition coefficient (Wildman–Crippen LogP) is 3.89. The van der Waals surface area contributed by atoms with Crippen LogP contribution in [0.5, 0.6) is 11.5 Å². The lowest BCUT2D eigenvalue weighted by atomic mass is 10.1. The Morgan fingerprint density at radius 1 is 1.13 bits per heavy atom. The van der Waals surface area contributed by atoms with Gasteiger partial charge in [-0.25, -0.2) is 0 Å². The van der Waals surface area contributed by atoms with Gasteiger partial charge in [-0.1, -0.05) is 22.9 Å². The Balaban J connectivity index is 1.52. The summed E-state index contributed by atoms with van der Waals surface area (Å²) >= 11 is 0. The highest BCUT2D eigenvalue weighted by Gasteiger charge is 2.35. The van der Waals surface area contributed by atoms with E-state index < -0.39 is 0 Å². The van der Waals surface area contributed by atoms with Crippen molar-refractivity contribution in [3.05, 3.63) is 59.0 Å². The third-order valence-electron chi connectivity index (χ3n) is 5.49. The Bertz CT molecular complexity index is 1080. The maximum atomic E-state index is 12.7. The Morgan fingerprint density at radius 3 is 2.73 bits per heavy atom. The highest BCUT2D eigenvalue weighted by atomic mass is 16.5. The maximum Gasteiger partial charge on any atom is 0.232 e. The SMILES string of the molecule is COc1ccc(OC)c(CN2CC(c3nc(-c4cc(C)ccc4C)no3)CC2=O)c1. The van der Waals surface area contributed by atoms with Crippen LogP contribution in [-0.2, 0) is 11.3 Å². The molecule has 0 aliphatic carbocycles. The van der Waals surface area contributed by atoms with Gasteiger partial charge in [0.05, 0.1) is 20.1 Å². The fourth-order valence-electron chi connectivity index (χ4n) is 3.79. The van der Waals surface area contributed by atoms with Crippen LogP contribution < -0.4 is 9.47 Å². The molecule has 1 aliphatic heterocycles. The van der Waals surface area contributed by atoms with Gasteiger partial charge in [0.25, 0.3) is 0 Å². The van der Waals surface area contributed by atoms with Crippen LogP contribution in [0.4, 0.5) is 0 Å². The molecule has 7 nitrogen and oxygen atoms in total. The topological polar surface area (TPSA) is 77.7 Å². The number of hydrogen-bond donors (Lipinski definition) is 0. The summed E-state index contributed by atoms with van der Waals surface area (Å²) in [7, 11) is 3.24. The molecule has 0 radical (unpaired) electrons. The van der Waals surface area contributed by atoms with Gasteiger partial charge >= 0.3 is 0 Å². The van der Waals surface area contributed by atoms with Crippen molar-refractivity contribution in [2.45, 2.75) is 32.7 Å². The Hall–Kier alpha value is -3.35. The number of methoxy groups -OCH3 is 2. The zero-order chi connectivity index (χ0) is 21.3. The van der Waals surface area contributed by atoms with Gasteiger partial charge in [0.15, 0.2) is 0 Å². The van der Waals surface area contributed by atoms with E-state index in [1.54, 1.807) is 19.1 Å².